The first-order chi connectivity index (χ1) is 13.9. The molecule has 0 saturated carbocycles. The van der Waals surface area contributed by atoms with Gasteiger partial charge >= 0.3 is 0 Å². The largest absolute Gasteiger partial charge is 0.303 e. The van der Waals surface area contributed by atoms with Crippen LogP contribution in [0, 0.1) is 5.92 Å². The van der Waals surface area contributed by atoms with Crippen LogP contribution >= 0.6 is 0 Å². The van der Waals surface area contributed by atoms with E-state index in [2.05, 4.69) is 39.0 Å². The fourth-order valence-corrected chi connectivity index (χ4v) is 3.84. The zero-order valence-electron chi connectivity index (χ0n) is 16.8. The van der Waals surface area contributed by atoms with Gasteiger partial charge in [-0.2, -0.15) is 0 Å². The van der Waals surface area contributed by atoms with Crippen LogP contribution < -0.4 is 0 Å². The number of fused-ring (bicyclic) bond motifs is 1. The van der Waals surface area contributed by atoms with Crippen LogP contribution in [0.3, 0.4) is 0 Å². The Hall–Kier alpha value is -2.74. The van der Waals surface area contributed by atoms with Crippen LogP contribution in [0.25, 0.3) is 16.6 Å². The SMILES string of the molecule is CC(C)CN1CCC(F)(C(=O)Cc2cc3cc(-n4ccnn4)cnc3cn2)CC1. The second-order valence-electron chi connectivity index (χ2n) is 8.17. The summed E-state index contributed by atoms with van der Waals surface area (Å²) in [7, 11) is 0. The van der Waals surface area contributed by atoms with Crippen molar-refractivity contribution in [2.45, 2.75) is 38.8 Å². The van der Waals surface area contributed by atoms with E-state index in [1.807, 2.05) is 6.07 Å². The number of pyridine rings is 2. The normalized spacial score (nSPS) is 17.1. The standard InChI is InChI=1S/C21H25FN6O/c1-15(2)14-27-6-3-21(22,4-7-27)20(29)11-17-9-16-10-18(28-8-5-25-26-28)12-24-19(16)13-23-17/h5,8-10,12-13,15H,3-4,6-7,11,14H2,1-2H3. The molecule has 0 aliphatic carbocycles. The van der Waals surface area contributed by atoms with Gasteiger partial charge in [0, 0.05) is 43.6 Å². The Morgan fingerprint density at radius 1 is 1.21 bits per heavy atom. The lowest BCUT2D eigenvalue weighted by molar-refractivity contribution is -0.133. The quantitative estimate of drug-likeness (QED) is 0.638. The van der Waals surface area contributed by atoms with E-state index in [9.17, 15) is 4.79 Å². The van der Waals surface area contributed by atoms with Gasteiger partial charge in [0.15, 0.2) is 11.5 Å². The minimum atomic E-state index is -1.76. The molecule has 0 atom stereocenters. The van der Waals surface area contributed by atoms with Crippen LogP contribution in [0.5, 0.6) is 0 Å². The number of likely N-dealkylation sites (tertiary alicyclic amines) is 1. The third kappa shape index (κ3) is 4.32. The predicted molar refractivity (Wildman–Crippen MR) is 108 cm³/mol. The van der Waals surface area contributed by atoms with E-state index in [1.165, 1.54) is 0 Å². The molecule has 1 aliphatic rings. The van der Waals surface area contributed by atoms with Gasteiger partial charge < -0.3 is 4.90 Å². The summed E-state index contributed by atoms with van der Waals surface area (Å²) in [5.74, 6) is 0.157. The van der Waals surface area contributed by atoms with Crippen molar-refractivity contribution in [3.05, 3.63) is 42.6 Å². The number of alkyl halides is 1. The van der Waals surface area contributed by atoms with Crippen LogP contribution in [0.4, 0.5) is 4.39 Å². The van der Waals surface area contributed by atoms with E-state index in [-0.39, 0.29) is 25.0 Å². The van der Waals surface area contributed by atoms with Crippen LogP contribution in [0.15, 0.2) is 36.9 Å². The second-order valence-corrected chi connectivity index (χ2v) is 8.17. The summed E-state index contributed by atoms with van der Waals surface area (Å²) >= 11 is 0. The summed E-state index contributed by atoms with van der Waals surface area (Å²) in [5, 5.41) is 8.59. The van der Waals surface area contributed by atoms with E-state index in [4.69, 9.17) is 0 Å². The third-order valence-corrected chi connectivity index (χ3v) is 5.41. The molecule has 0 unspecified atom stereocenters. The summed E-state index contributed by atoms with van der Waals surface area (Å²) in [6.45, 7) is 6.49. The third-order valence-electron chi connectivity index (χ3n) is 5.41. The molecule has 4 rings (SSSR count). The number of Topliss-reactive ketones (excluding diaryl/α,β-unsaturated/α-hetero) is 1. The van der Waals surface area contributed by atoms with E-state index >= 15 is 4.39 Å². The van der Waals surface area contributed by atoms with Crippen LogP contribution in [0.1, 0.15) is 32.4 Å². The number of piperidine rings is 1. The molecule has 152 valence electrons. The lowest BCUT2D eigenvalue weighted by Crippen LogP contribution is -2.47. The molecule has 0 aromatic carbocycles. The molecule has 0 bridgehead atoms. The van der Waals surface area contributed by atoms with Gasteiger partial charge in [-0.3, -0.25) is 14.8 Å². The average molecular weight is 396 g/mol. The van der Waals surface area contributed by atoms with Crippen molar-refractivity contribution in [2.75, 3.05) is 19.6 Å². The first-order valence-corrected chi connectivity index (χ1v) is 9.99. The molecular weight excluding hydrogens is 371 g/mol. The molecule has 1 saturated heterocycles. The minimum Gasteiger partial charge on any atom is -0.303 e. The molecule has 1 aliphatic heterocycles. The fourth-order valence-electron chi connectivity index (χ4n) is 3.84. The van der Waals surface area contributed by atoms with E-state index < -0.39 is 5.67 Å². The van der Waals surface area contributed by atoms with Crippen molar-refractivity contribution in [3.63, 3.8) is 0 Å². The highest BCUT2D eigenvalue weighted by atomic mass is 19.1. The second kappa shape index (κ2) is 7.94. The topological polar surface area (TPSA) is 76.8 Å². The van der Waals surface area contributed by atoms with Gasteiger partial charge in [0.05, 0.1) is 42.4 Å². The summed E-state index contributed by atoms with van der Waals surface area (Å²) in [5.41, 5.74) is 0.270. The maximum absolute atomic E-state index is 15.3. The molecular formula is C21H25FN6O. The van der Waals surface area contributed by atoms with Crippen molar-refractivity contribution in [1.29, 1.82) is 0 Å². The number of halogens is 1. The molecule has 0 spiro atoms. The Kier molecular flexibility index (Phi) is 5.36. The minimum absolute atomic E-state index is 0.00975. The van der Waals surface area contributed by atoms with E-state index in [0.29, 0.717) is 30.2 Å². The summed E-state index contributed by atoms with van der Waals surface area (Å²) in [6.07, 6.45) is 7.13. The van der Waals surface area contributed by atoms with Gasteiger partial charge in [0.25, 0.3) is 0 Å². The molecule has 3 aromatic rings. The summed E-state index contributed by atoms with van der Waals surface area (Å²) in [6, 6.07) is 3.71. The van der Waals surface area contributed by atoms with E-state index in [1.54, 1.807) is 35.5 Å². The van der Waals surface area contributed by atoms with Gasteiger partial charge in [-0.25, -0.2) is 9.07 Å². The number of aromatic nitrogens is 5. The number of carbonyl (C=O) groups excluding carboxylic acids is 1. The lowest BCUT2D eigenvalue weighted by atomic mass is 9.86. The van der Waals surface area contributed by atoms with Crippen LogP contribution in [-0.4, -0.2) is 60.9 Å². The van der Waals surface area contributed by atoms with Crippen molar-refractivity contribution in [1.82, 2.24) is 29.9 Å². The number of ketones is 1. The van der Waals surface area contributed by atoms with Gasteiger partial charge in [0.1, 0.15) is 0 Å². The highest BCUT2D eigenvalue weighted by Gasteiger charge is 2.41. The predicted octanol–water partition coefficient (Wildman–Crippen LogP) is 2.78. The van der Waals surface area contributed by atoms with Crippen molar-refractivity contribution in [2.24, 2.45) is 5.92 Å². The van der Waals surface area contributed by atoms with Gasteiger partial charge in [0.2, 0.25) is 0 Å². The van der Waals surface area contributed by atoms with Crippen LogP contribution in [0.2, 0.25) is 0 Å². The van der Waals surface area contributed by atoms with Crippen molar-refractivity contribution >= 4 is 16.7 Å². The van der Waals surface area contributed by atoms with Crippen LogP contribution in [-0.2, 0) is 11.2 Å². The highest BCUT2D eigenvalue weighted by molar-refractivity contribution is 5.90. The molecule has 0 radical (unpaired) electrons. The summed E-state index contributed by atoms with van der Waals surface area (Å²) in [4.78, 5) is 23.7. The van der Waals surface area contributed by atoms with Gasteiger partial charge in [-0.05, 0) is 18.1 Å². The smallest absolute Gasteiger partial charge is 0.175 e. The van der Waals surface area contributed by atoms with Gasteiger partial charge in [-0.1, -0.05) is 19.1 Å². The maximum atomic E-state index is 15.3. The Morgan fingerprint density at radius 2 is 2.00 bits per heavy atom. The Morgan fingerprint density at radius 3 is 2.69 bits per heavy atom. The zero-order chi connectivity index (χ0) is 20.4. The Labute approximate surface area is 169 Å². The number of nitrogens with zero attached hydrogens (tertiary/aromatic N) is 6. The lowest BCUT2D eigenvalue weighted by Gasteiger charge is -2.36. The molecule has 29 heavy (non-hydrogen) atoms. The number of carbonyl (C=O) groups is 1. The van der Waals surface area contributed by atoms with Crippen molar-refractivity contribution < 1.29 is 9.18 Å². The molecule has 3 aromatic heterocycles. The average Bonchev–Trinajstić information content (AvgIpc) is 3.24. The monoisotopic (exact) mass is 396 g/mol. The Balaban J connectivity index is 1.48. The molecule has 8 heteroatoms. The highest BCUT2D eigenvalue weighted by Crippen LogP contribution is 2.29. The molecule has 0 amide bonds. The molecule has 4 heterocycles. The van der Waals surface area contributed by atoms with Crippen molar-refractivity contribution in [3.8, 4) is 5.69 Å². The fraction of sp³-hybridized carbons (Fsp3) is 0.476. The number of hydrogen-bond donors (Lipinski definition) is 0. The first kappa shape index (κ1) is 19.6. The zero-order valence-corrected chi connectivity index (χ0v) is 16.8. The Bertz CT molecular complexity index is 996. The molecule has 0 N–H and O–H groups in total. The molecule has 1 fully saturated rings. The first-order valence-electron chi connectivity index (χ1n) is 9.99. The van der Waals surface area contributed by atoms with Gasteiger partial charge in [-0.15, -0.1) is 5.10 Å². The maximum Gasteiger partial charge on any atom is 0.175 e. The van der Waals surface area contributed by atoms with E-state index in [0.717, 1.165) is 17.6 Å². The number of hydrogen-bond acceptors (Lipinski definition) is 6. The summed E-state index contributed by atoms with van der Waals surface area (Å²) < 4.78 is 16.9. The number of rotatable bonds is 6. The molecule has 7 nitrogen and oxygen atoms in total.